The van der Waals surface area contributed by atoms with Crippen molar-refractivity contribution >= 4 is 87.8 Å². The third kappa shape index (κ3) is 8.74. The molecule has 0 aliphatic heterocycles. The van der Waals surface area contributed by atoms with Gasteiger partial charge in [0.05, 0.1) is 22.3 Å². The van der Waals surface area contributed by atoms with Crippen molar-refractivity contribution < 1.29 is 17.7 Å². The van der Waals surface area contributed by atoms with Gasteiger partial charge < -0.3 is 17.7 Å². The van der Waals surface area contributed by atoms with Crippen molar-refractivity contribution in [2.24, 2.45) is 0 Å². The summed E-state index contributed by atoms with van der Waals surface area (Å²) in [7, 11) is 0. The SMILES string of the molecule is c1ccc(-c2ccc(-c3nc(-c4ccc(-c5ccccc5)cc4)nc(-c4cccc5c4oc4ccccc45)n3)cc2)cc1.c1ccc2c(c1)oc1c(-c3nc(-c4cccc5c4oc4ccccc45)nc(-c4cccc5c4oc4ccccc45)n3)cccc12. The molecule has 0 N–H and O–H groups in total. The maximum Gasteiger partial charge on any atom is 0.167 e. The van der Waals surface area contributed by atoms with Gasteiger partial charge in [-0.25, -0.2) is 29.9 Å². The molecule has 0 atom stereocenters. The first kappa shape index (κ1) is 50.4. The van der Waals surface area contributed by atoms with Gasteiger partial charge in [0.2, 0.25) is 0 Å². The van der Waals surface area contributed by atoms with Crippen molar-refractivity contribution in [2.75, 3.05) is 0 Å². The lowest BCUT2D eigenvalue weighted by molar-refractivity contribution is 0.668. The smallest absolute Gasteiger partial charge is 0.167 e. The highest BCUT2D eigenvalue weighted by Crippen LogP contribution is 2.42. The number of benzene rings is 12. The largest absolute Gasteiger partial charge is 0.455 e. The number of hydrogen-bond acceptors (Lipinski definition) is 10. The molecule has 0 aliphatic carbocycles. The molecular weight excluding hydrogens is 1080 g/mol. The number of fused-ring (bicyclic) bond motifs is 12. The molecule has 0 radical (unpaired) electrons. The fraction of sp³-hybridized carbons (Fsp3) is 0. The summed E-state index contributed by atoms with van der Waals surface area (Å²) >= 11 is 0. The van der Waals surface area contributed by atoms with E-state index in [2.05, 4.69) is 146 Å². The third-order valence-electron chi connectivity index (χ3n) is 16.4. The fourth-order valence-corrected chi connectivity index (χ4v) is 12.1. The molecule has 0 bridgehead atoms. The predicted molar refractivity (Wildman–Crippen MR) is 352 cm³/mol. The minimum atomic E-state index is 0.501. The van der Waals surface area contributed by atoms with Gasteiger partial charge in [-0.1, -0.05) is 231 Å². The number of nitrogens with zero attached hydrogens (tertiary/aromatic N) is 6. The highest BCUT2D eigenvalue weighted by molar-refractivity contribution is 6.13. The third-order valence-corrected chi connectivity index (χ3v) is 16.4. The van der Waals surface area contributed by atoms with Crippen LogP contribution in [0.2, 0.25) is 0 Å². The Kier molecular flexibility index (Phi) is 12.0. The number of rotatable bonds is 8. The van der Waals surface area contributed by atoms with Crippen LogP contribution in [0.4, 0.5) is 0 Å². The molecular formula is C78H46N6O4. The van der Waals surface area contributed by atoms with E-state index in [1.54, 1.807) is 0 Å². The van der Waals surface area contributed by atoms with Gasteiger partial charge >= 0.3 is 0 Å². The maximum absolute atomic E-state index is 6.41. The van der Waals surface area contributed by atoms with Crippen molar-refractivity contribution in [1.82, 2.24) is 29.9 Å². The van der Waals surface area contributed by atoms with Crippen LogP contribution in [0, 0.1) is 0 Å². The van der Waals surface area contributed by atoms with Gasteiger partial charge in [-0.3, -0.25) is 0 Å². The van der Waals surface area contributed by atoms with Crippen LogP contribution in [0.15, 0.2) is 297 Å². The molecule has 18 rings (SSSR count). The van der Waals surface area contributed by atoms with E-state index in [1.165, 1.54) is 11.1 Å². The maximum atomic E-state index is 6.41. The Morgan fingerprint density at radius 3 is 0.670 bits per heavy atom. The summed E-state index contributed by atoms with van der Waals surface area (Å²) in [5.41, 5.74) is 15.9. The Hall–Kier alpha value is -12.1. The Labute approximate surface area is 502 Å². The summed E-state index contributed by atoms with van der Waals surface area (Å²) in [6.45, 7) is 0. The van der Waals surface area contributed by atoms with Crippen LogP contribution >= 0.6 is 0 Å². The van der Waals surface area contributed by atoms with Crippen molar-refractivity contribution in [3.8, 4) is 90.6 Å². The minimum Gasteiger partial charge on any atom is -0.455 e. The molecule has 18 aromatic rings. The lowest BCUT2D eigenvalue weighted by atomic mass is 10.0. The van der Waals surface area contributed by atoms with Gasteiger partial charge in [0.25, 0.3) is 0 Å². The summed E-state index contributed by atoms with van der Waals surface area (Å²) in [4.78, 5) is 30.3. The molecule has 0 saturated carbocycles. The van der Waals surface area contributed by atoms with Crippen molar-refractivity contribution in [2.45, 2.75) is 0 Å². The van der Waals surface area contributed by atoms with Gasteiger partial charge in [-0.2, -0.15) is 0 Å². The lowest BCUT2D eigenvalue weighted by Crippen LogP contribution is -2.00. The molecule has 10 nitrogen and oxygen atoms in total. The van der Waals surface area contributed by atoms with Crippen LogP contribution in [-0.2, 0) is 0 Å². The van der Waals surface area contributed by atoms with E-state index < -0.39 is 0 Å². The highest BCUT2D eigenvalue weighted by atomic mass is 16.3. The number of aromatic nitrogens is 6. The van der Waals surface area contributed by atoms with Gasteiger partial charge in [0.1, 0.15) is 44.7 Å². The molecule has 0 amide bonds. The average Bonchev–Trinajstić information content (AvgIpc) is 3.64. The zero-order valence-electron chi connectivity index (χ0n) is 46.9. The first-order chi connectivity index (χ1) is 43.6. The van der Waals surface area contributed by atoms with E-state index in [4.69, 9.17) is 47.6 Å². The van der Waals surface area contributed by atoms with E-state index in [-0.39, 0.29) is 0 Å². The molecule has 0 spiro atoms. The molecule has 0 unspecified atom stereocenters. The van der Waals surface area contributed by atoms with Crippen molar-refractivity contribution in [3.63, 3.8) is 0 Å². The van der Waals surface area contributed by atoms with E-state index in [0.717, 1.165) is 132 Å². The Bertz CT molecular complexity index is 5280. The van der Waals surface area contributed by atoms with Crippen LogP contribution in [0.25, 0.3) is 178 Å². The van der Waals surface area contributed by atoms with Crippen LogP contribution in [0.1, 0.15) is 0 Å². The van der Waals surface area contributed by atoms with E-state index in [9.17, 15) is 0 Å². The standard InChI is InChI=1S/C39H21N3O3.C39H25N3O/c1-4-19-31-22(10-1)25-13-7-16-28(34(25)43-31)37-40-38(29-17-8-14-26-23-11-2-5-20-32(23)44-35(26)29)42-39(41-37)30-18-9-15-27-24-12-3-6-21-33(24)45-36(27)30;1-3-10-26(11-4-1)28-18-22-30(23-19-28)37-40-38(31-24-20-29(21-25-31)27-12-5-2-6-13-27)42-39(41-37)34-16-9-15-33-32-14-7-8-17-35(32)43-36(33)34/h1-21H;1-25H. The average molecular weight is 1130 g/mol. The second kappa shape index (κ2) is 20.9. The molecule has 0 fully saturated rings. The molecule has 0 saturated heterocycles. The molecule has 412 valence electrons. The zero-order chi connectivity index (χ0) is 58.1. The van der Waals surface area contributed by atoms with Crippen LogP contribution in [0.5, 0.6) is 0 Å². The summed E-state index contributed by atoms with van der Waals surface area (Å²) in [6.07, 6.45) is 0. The zero-order valence-corrected chi connectivity index (χ0v) is 46.9. The molecule has 6 heterocycles. The monoisotopic (exact) mass is 1130 g/mol. The van der Waals surface area contributed by atoms with Crippen LogP contribution in [-0.4, -0.2) is 29.9 Å². The first-order valence-corrected chi connectivity index (χ1v) is 29.1. The minimum absolute atomic E-state index is 0.501. The second-order valence-corrected chi connectivity index (χ2v) is 21.6. The quantitative estimate of drug-likeness (QED) is 0.145. The van der Waals surface area contributed by atoms with E-state index in [0.29, 0.717) is 34.9 Å². The van der Waals surface area contributed by atoms with Crippen LogP contribution < -0.4 is 0 Å². The Balaban J connectivity index is 0.000000137. The highest BCUT2D eigenvalue weighted by Gasteiger charge is 2.23. The van der Waals surface area contributed by atoms with Crippen molar-refractivity contribution in [1.29, 1.82) is 0 Å². The Morgan fingerprint density at radius 1 is 0.159 bits per heavy atom. The second-order valence-electron chi connectivity index (χ2n) is 21.6. The predicted octanol–water partition coefficient (Wildman–Crippen LogP) is 20.7. The normalized spacial score (nSPS) is 11.6. The summed E-state index contributed by atoms with van der Waals surface area (Å²) < 4.78 is 25.6. The number of furan rings is 4. The summed E-state index contributed by atoms with van der Waals surface area (Å²) in [5.74, 6) is 3.30. The first-order valence-electron chi connectivity index (χ1n) is 29.1. The van der Waals surface area contributed by atoms with E-state index >= 15 is 0 Å². The summed E-state index contributed by atoms with van der Waals surface area (Å²) in [5, 5.41) is 8.26. The van der Waals surface area contributed by atoms with Crippen molar-refractivity contribution in [3.05, 3.63) is 279 Å². The van der Waals surface area contributed by atoms with Crippen LogP contribution in [0.3, 0.4) is 0 Å². The molecule has 12 aromatic carbocycles. The molecule has 0 aliphatic rings. The van der Waals surface area contributed by atoms with Gasteiger partial charge in [0.15, 0.2) is 34.9 Å². The number of hydrogen-bond donors (Lipinski definition) is 0. The molecule has 6 aromatic heterocycles. The lowest BCUT2D eigenvalue weighted by Gasteiger charge is -2.10. The molecule has 88 heavy (non-hydrogen) atoms. The number of para-hydroxylation sites is 8. The van der Waals surface area contributed by atoms with Gasteiger partial charge in [-0.05, 0) is 70.8 Å². The van der Waals surface area contributed by atoms with E-state index in [1.807, 2.05) is 133 Å². The Morgan fingerprint density at radius 2 is 0.375 bits per heavy atom. The van der Waals surface area contributed by atoms with Gasteiger partial charge in [0, 0.05) is 54.2 Å². The fourth-order valence-electron chi connectivity index (χ4n) is 12.1. The molecule has 10 heteroatoms. The van der Waals surface area contributed by atoms with Gasteiger partial charge in [-0.15, -0.1) is 0 Å². The summed E-state index contributed by atoms with van der Waals surface area (Å²) in [6, 6.07) is 94.1. The topological polar surface area (TPSA) is 130 Å².